The van der Waals surface area contributed by atoms with Crippen molar-refractivity contribution in [3.63, 3.8) is 0 Å². The molecule has 6 rings (SSSR count). The van der Waals surface area contributed by atoms with E-state index < -0.39 is 0 Å². The van der Waals surface area contributed by atoms with Crippen molar-refractivity contribution in [2.45, 2.75) is 110 Å². The van der Waals surface area contributed by atoms with Gasteiger partial charge in [0.05, 0.1) is 22.8 Å². The average molecular weight is 718 g/mol. The van der Waals surface area contributed by atoms with Gasteiger partial charge >= 0.3 is 0 Å². The lowest BCUT2D eigenvalue weighted by Gasteiger charge is -2.26. The fraction of sp³-hybridized carbons (Fsp3) is 0.327. The van der Waals surface area contributed by atoms with Crippen LogP contribution in [0.15, 0.2) is 114 Å². The van der Waals surface area contributed by atoms with Gasteiger partial charge in [0.25, 0.3) is 0 Å². The predicted molar refractivity (Wildman–Crippen MR) is 229 cm³/mol. The third-order valence-corrected chi connectivity index (χ3v) is 10.4. The van der Waals surface area contributed by atoms with Crippen molar-refractivity contribution in [1.29, 1.82) is 0 Å². The van der Waals surface area contributed by atoms with Gasteiger partial charge in [-0.2, -0.15) is 0 Å². The van der Waals surface area contributed by atoms with Gasteiger partial charge in [-0.25, -0.2) is 4.98 Å². The summed E-state index contributed by atoms with van der Waals surface area (Å²) in [5.41, 5.74) is 15.4. The van der Waals surface area contributed by atoms with E-state index in [4.69, 9.17) is 15.0 Å². The van der Waals surface area contributed by atoms with Crippen LogP contribution in [0.5, 0.6) is 0 Å². The molecule has 0 unspecified atom stereocenters. The van der Waals surface area contributed by atoms with Crippen LogP contribution in [0.25, 0.3) is 56.2 Å². The molecule has 0 saturated heterocycles. The Labute approximate surface area is 323 Å². The van der Waals surface area contributed by atoms with E-state index in [0.29, 0.717) is 0 Å². The molecule has 0 radical (unpaired) electrons. The van der Waals surface area contributed by atoms with Crippen LogP contribution in [0.2, 0.25) is 0 Å². The number of pyridine rings is 3. The Hall–Kier alpha value is -4.54. The Morgan fingerprint density at radius 2 is 0.660 bits per heavy atom. The monoisotopic (exact) mass is 717 g/mol. The summed E-state index contributed by atoms with van der Waals surface area (Å²) in [6.45, 7) is 27.3. The van der Waals surface area contributed by atoms with Gasteiger partial charge in [-0.15, -0.1) is 12.6 Å². The van der Waals surface area contributed by atoms with Crippen LogP contribution in [0, 0.1) is 0 Å². The molecule has 0 N–H and O–H groups in total. The largest absolute Gasteiger partial charge is 0.254 e. The second kappa shape index (κ2) is 14.0. The smallest absolute Gasteiger partial charge is 0.0900 e. The SMILES string of the molecule is CC(C)(C)c1cc(-c2ccc(-c3cc(-c4ccc(S)cc4)cc(-c4ccc(-c5cc(C(C)(C)C)cc(C(C)(C)C)c5)cn4)n3)nc2)cc(C(C)(C)C)c1. The number of hydrogen-bond acceptors (Lipinski definition) is 4. The predicted octanol–water partition coefficient (Wildman–Crippen LogP) is 13.7. The first-order valence-corrected chi connectivity index (χ1v) is 19.2. The third kappa shape index (κ3) is 8.82. The highest BCUT2D eigenvalue weighted by Gasteiger charge is 2.23. The summed E-state index contributed by atoms with van der Waals surface area (Å²) in [4.78, 5) is 16.1. The molecule has 0 saturated carbocycles. The fourth-order valence-corrected chi connectivity index (χ4v) is 6.52. The first-order valence-electron chi connectivity index (χ1n) is 18.7. The molecule has 0 aliphatic rings. The highest BCUT2D eigenvalue weighted by molar-refractivity contribution is 7.80. The highest BCUT2D eigenvalue weighted by Crippen LogP contribution is 2.37. The zero-order valence-corrected chi connectivity index (χ0v) is 34.6. The molecular formula is C49H55N3S. The summed E-state index contributed by atoms with van der Waals surface area (Å²) in [5, 5.41) is 0. The first kappa shape index (κ1) is 38.2. The molecule has 3 aromatic carbocycles. The summed E-state index contributed by atoms with van der Waals surface area (Å²) >= 11 is 4.53. The maximum Gasteiger partial charge on any atom is 0.0900 e. The van der Waals surface area contributed by atoms with Gasteiger partial charge in [-0.1, -0.05) is 144 Å². The summed E-state index contributed by atoms with van der Waals surface area (Å²) in [6.07, 6.45) is 3.97. The molecule has 6 aromatic rings. The first-order chi connectivity index (χ1) is 24.6. The molecule has 3 nitrogen and oxygen atoms in total. The highest BCUT2D eigenvalue weighted by atomic mass is 32.1. The third-order valence-electron chi connectivity index (χ3n) is 10.1. The lowest BCUT2D eigenvalue weighted by Crippen LogP contribution is -2.16. The molecule has 0 fully saturated rings. The van der Waals surface area contributed by atoms with E-state index in [0.717, 1.165) is 49.9 Å². The molecule has 272 valence electrons. The minimum absolute atomic E-state index is 0.0351. The van der Waals surface area contributed by atoms with Crippen molar-refractivity contribution in [2.75, 3.05) is 0 Å². The Morgan fingerprint density at radius 3 is 0.962 bits per heavy atom. The van der Waals surface area contributed by atoms with Crippen LogP contribution >= 0.6 is 12.6 Å². The topological polar surface area (TPSA) is 38.7 Å². The Balaban J connectivity index is 1.41. The normalized spacial score (nSPS) is 12.6. The van der Waals surface area contributed by atoms with Gasteiger partial charge in [-0.3, -0.25) is 9.97 Å². The summed E-state index contributed by atoms with van der Waals surface area (Å²) in [5.74, 6) is 0. The number of aromatic nitrogens is 3. The molecule has 0 atom stereocenters. The lowest BCUT2D eigenvalue weighted by molar-refractivity contribution is 0.568. The summed E-state index contributed by atoms with van der Waals surface area (Å²) in [7, 11) is 0. The van der Waals surface area contributed by atoms with Crippen molar-refractivity contribution in [3.05, 3.63) is 132 Å². The molecule has 3 aromatic heterocycles. The van der Waals surface area contributed by atoms with Crippen LogP contribution in [0.1, 0.15) is 105 Å². The number of rotatable bonds is 5. The maximum atomic E-state index is 5.17. The van der Waals surface area contributed by atoms with Crippen molar-refractivity contribution in [1.82, 2.24) is 15.0 Å². The van der Waals surface area contributed by atoms with Gasteiger partial charge < -0.3 is 0 Å². The fourth-order valence-electron chi connectivity index (χ4n) is 6.37. The van der Waals surface area contributed by atoms with Gasteiger partial charge in [0.1, 0.15) is 0 Å². The zero-order chi connectivity index (χ0) is 38.5. The molecule has 0 amide bonds. The molecule has 4 heteroatoms. The number of thiol groups is 1. The Kier molecular flexibility index (Phi) is 10.1. The Bertz CT molecular complexity index is 2030. The zero-order valence-electron chi connectivity index (χ0n) is 33.7. The van der Waals surface area contributed by atoms with Gasteiger partial charge in [0, 0.05) is 28.4 Å². The molecule has 0 aliphatic heterocycles. The summed E-state index contributed by atoms with van der Waals surface area (Å²) in [6, 6.07) is 35.0. The lowest BCUT2D eigenvalue weighted by atomic mass is 9.79. The average Bonchev–Trinajstić information content (AvgIpc) is 3.10. The quantitative estimate of drug-likeness (QED) is 0.180. The van der Waals surface area contributed by atoms with Crippen LogP contribution < -0.4 is 0 Å². The number of nitrogens with zero attached hydrogens (tertiary/aromatic N) is 3. The molecular weight excluding hydrogens is 663 g/mol. The second-order valence-electron chi connectivity index (χ2n) is 18.6. The van der Waals surface area contributed by atoms with Crippen molar-refractivity contribution < 1.29 is 0 Å². The maximum absolute atomic E-state index is 5.17. The van der Waals surface area contributed by atoms with E-state index in [1.165, 1.54) is 33.4 Å². The van der Waals surface area contributed by atoms with Crippen LogP contribution in [-0.4, -0.2) is 15.0 Å². The Morgan fingerprint density at radius 1 is 0.340 bits per heavy atom. The van der Waals surface area contributed by atoms with Crippen molar-refractivity contribution in [2.24, 2.45) is 0 Å². The van der Waals surface area contributed by atoms with Crippen LogP contribution in [0.3, 0.4) is 0 Å². The van der Waals surface area contributed by atoms with E-state index in [9.17, 15) is 0 Å². The second-order valence-corrected chi connectivity index (χ2v) is 19.2. The minimum Gasteiger partial charge on any atom is -0.254 e. The number of hydrogen-bond donors (Lipinski definition) is 1. The van der Waals surface area contributed by atoms with Gasteiger partial charge in [-0.05, 0) is 103 Å². The van der Waals surface area contributed by atoms with Crippen LogP contribution in [0.4, 0.5) is 0 Å². The van der Waals surface area contributed by atoms with Crippen LogP contribution in [-0.2, 0) is 21.7 Å². The molecule has 53 heavy (non-hydrogen) atoms. The molecule has 3 heterocycles. The van der Waals surface area contributed by atoms with E-state index in [1.807, 2.05) is 24.5 Å². The molecule has 0 aliphatic carbocycles. The minimum atomic E-state index is 0.0351. The molecule has 0 bridgehead atoms. The van der Waals surface area contributed by atoms with Gasteiger partial charge in [0.15, 0.2) is 0 Å². The number of benzene rings is 3. The van der Waals surface area contributed by atoms with Crippen molar-refractivity contribution >= 4 is 12.6 Å². The van der Waals surface area contributed by atoms with Crippen molar-refractivity contribution in [3.8, 4) is 56.2 Å². The van der Waals surface area contributed by atoms with E-state index in [-0.39, 0.29) is 21.7 Å². The van der Waals surface area contributed by atoms with Gasteiger partial charge in [0.2, 0.25) is 0 Å². The van der Waals surface area contributed by atoms with E-state index in [1.54, 1.807) is 0 Å². The standard InChI is InChI=1S/C49H55N3S/c1-46(2,3)37-21-34(22-38(27-37)47(4,5)6)32-15-19-42(50-29-32)44-25-36(31-13-17-41(53)18-14-31)26-45(52-44)43-20-16-33(30-51-43)35-23-39(48(7,8)9)28-40(24-35)49(10,11)12/h13-30,53H,1-12H3. The van der Waals surface area contributed by atoms with E-state index >= 15 is 0 Å². The van der Waals surface area contributed by atoms with E-state index in [2.05, 4.69) is 181 Å². The summed E-state index contributed by atoms with van der Waals surface area (Å²) < 4.78 is 0. The molecule has 0 spiro atoms.